The summed E-state index contributed by atoms with van der Waals surface area (Å²) in [6, 6.07) is 1.15. The number of aromatic nitrogens is 1. The van der Waals surface area contributed by atoms with Gasteiger partial charge in [-0.05, 0) is 12.1 Å². The van der Waals surface area contributed by atoms with Crippen molar-refractivity contribution in [1.82, 2.24) is 4.98 Å². The van der Waals surface area contributed by atoms with Gasteiger partial charge in [-0.2, -0.15) is 0 Å². The van der Waals surface area contributed by atoms with E-state index in [0.29, 0.717) is 11.4 Å². The maximum Gasteiger partial charge on any atom is 0.338 e. The molecule has 0 radical (unpaired) electrons. The molecule has 6 heteroatoms. The zero-order chi connectivity index (χ0) is 12.8. The number of pyridine rings is 1. The summed E-state index contributed by atoms with van der Waals surface area (Å²) in [7, 11) is 0. The summed E-state index contributed by atoms with van der Waals surface area (Å²) in [6.07, 6.45) is 4.07. The van der Waals surface area contributed by atoms with E-state index < -0.39 is 17.3 Å². The van der Waals surface area contributed by atoms with Gasteiger partial charge in [0.15, 0.2) is 10.9 Å². The molecule has 0 aliphatic carbocycles. The maximum atomic E-state index is 13.0. The Balaban J connectivity index is 2.75. The quantitative estimate of drug-likeness (QED) is 0.893. The Kier molecular flexibility index (Phi) is 4.84. The molecule has 0 amide bonds. The van der Waals surface area contributed by atoms with E-state index in [1.165, 1.54) is 6.92 Å². The van der Waals surface area contributed by atoms with E-state index >= 15 is 0 Å². The van der Waals surface area contributed by atoms with Crippen LogP contribution in [-0.2, 0) is 4.79 Å². The number of carboxylic acids is 1. The number of halogens is 1. The van der Waals surface area contributed by atoms with Gasteiger partial charge in [-0.3, -0.25) is 9.78 Å². The second-order valence-electron chi connectivity index (χ2n) is 3.10. The third kappa shape index (κ3) is 4.36. The van der Waals surface area contributed by atoms with Crippen LogP contribution in [0.4, 0.5) is 4.39 Å². The zero-order valence-electron chi connectivity index (χ0n) is 9.01. The number of hydrogen-bond acceptors (Lipinski definition) is 4. The zero-order valence-corrected chi connectivity index (χ0v) is 9.83. The molecule has 0 fully saturated rings. The predicted octanol–water partition coefficient (Wildman–Crippen LogP) is 2.21. The van der Waals surface area contributed by atoms with Gasteiger partial charge in [-0.1, -0.05) is 17.8 Å². The van der Waals surface area contributed by atoms with Crippen molar-refractivity contribution in [3.63, 3.8) is 0 Å². The average molecular weight is 255 g/mol. The Morgan fingerprint density at radius 2 is 2.29 bits per heavy atom. The molecule has 0 aliphatic rings. The van der Waals surface area contributed by atoms with Crippen molar-refractivity contribution >= 4 is 28.9 Å². The van der Waals surface area contributed by atoms with Crippen molar-refractivity contribution in [3.8, 4) is 0 Å². The third-order valence-corrected chi connectivity index (χ3v) is 2.54. The standard InChI is InChI=1S/C11H10FNO3S/c1-7(14)17-4-2-3-8-5-9(11(15)16)10(12)6-13-8/h2-3,5-6H,4H2,1H3,(H,15,16). The lowest BCUT2D eigenvalue weighted by Crippen LogP contribution is -2.02. The largest absolute Gasteiger partial charge is 0.478 e. The van der Waals surface area contributed by atoms with Crippen LogP contribution >= 0.6 is 11.8 Å². The molecule has 90 valence electrons. The number of carboxylic acid groups (broad SMARTS) is 1. The number of nitrogens with zero attached hydrogens (tertiary/aromatic N) is 1. The molecule has 1 N–H and O–H groups in total. The molecule has 0 atom stereocenters. The Morgan fingerprint density at radius 3 is 2.88 bits per heavy atom. The monoisotopic (exact) mass is 255 g/mol. The van der Waals surface area contributed by atoms with Crippen molar-refractivity contribution in [1.29, 1.82) is 0 Å². The topological polar surface area (TPSA) is 67.3 Å². The number of carbonyl (C=O) groups is 2. The van der Waals surface area contributed by atoms with E-state index in [1.807, 2.05) is 0 Å². The van der Waals surface area contributed by atoms with Gasteiger partial charge in [0, 0.05) is 12.7 Å². The van der Waals surface area contributed by atoms with Crippen LogP contribution < -0.4 is 0 Å². The van der Waals surface area contributed by atoms with Crippen molar-refractivity contribution in [3.05, 3.63) is 35.4 Å². The smallest absolute Gasteiger partial charge is 0.338 e. The van der Waals surface area contributed by atoms with Gasteiger partial charge in [-0.25, -0.2) is 9.18 Å². The highest BCUT2D eigenvalue weighted by Gasteiger charge is 2.10. The molecule has 0 unspecified atom stereocenters. The first kappa shape index (κ1) is 13.4. The molecule has 0 saturated heterocycles. The minimum Gasteiger partial charge on any atom is -0.478 e. The van der Waals surface area contributed by atoms with Crippen LogP contribution in [0.2, 0.25) is 0 Å². The molecule has 17 heavy (non-hydrogen) atoms. The van der Waals surface area contributed by atoms with Crippen molar-refractivity contribution in [2.75, 3.05) is 5.75 Å². The number of aromatic carboxylic acids is 1. The summed E-state index contributed by atoms with van der Waals surface area (Å²) in [5, 5.41) is 8.69. The van der Waals surface area contributed by atoms with E-state index in [-0.39, 0.29) is 5.12 Å². The van der Waals surface area contributed by atoms with Crippen LogP contribution in [0.25, 0.3) is 6.08 Å². The molecule has 1 rings (SSSR count). The highest BCUT2D eigenvalue weighted by molar-refractivity contribution is 8.13. The second kappa shape index (κ2) is 6.15. The Labute approximate surface area is 102 Å². The summed E-state index contributed by atoms with van der Waals surface area (Å²) >= 11 is 1.12. The van der Waals surface area contributed by atoms with Crippen LogP contribution in [0.15, 0.2) is 18.3 Å². The number of hydrogen-bond donors (Lipinski definition) is 1. The van der Waals surface area contributed by atoms with Gasteiger partial charge in [0.05, 0.1) is 17.5 Å². The molecular formula is C11H10FNO3S. The molecular weight excluding hydrogens is 245 g/mol. The van der Waals surface area contributed by atoms with Crippen LogP contribution in [-0.4, -0.2) is 26.9 Å². The fraction of sp³-hybridized carbons (Fsp3) is 0.182. The lowest BCUT2D eigenvalue weighted by Gasteiger charge is -1.98. The van der Waals surface area contributed by atoms with Crippen LogP contribution in [0, 0.1) is 5.82 Å². The van der Waals surface area contributed by atoms with Gasteiger partial charge < -0.3 is 5.11 Å². The molecule has 1 heterocycles. The van der Waals surface area contributed by atoms with Crippen molar-refractivity contribution < 1.29 is 19.1 Å². The molecule has 0 aliphatic heterocycles. The van der Waals surface area contributed by atoms with E-state index in [9.17, 15) is 14.0 Å². The first-order valence-corrected chi connectivity index (χ1v) is 5.68. The van der Waals surface area contributed by atoms with Gasteiger partial charge >= 0.3 is 5.97 Å². The summed E-state index contributed by atoms with van der Waals surface area (Å²) in [6.45, 7) is 1.46. The van der Waals surface area contributed by atoms with E-state index in [1.54, 1.807) is 12.2 Å². The number of carbonyl (C=O) groups excluding carboxylic acids is 1. The third-order valence-electron chi connectivity index (χ3n) is 1.78. The summed E-state index contributed by atoms with van der Waals surface area (Å²) in [5.74, 6) is -1.73. The Bertz CT molecular complexity index is 474. The molecule has 1 aromatic rings. The lowest BCUT2D eigenvalue weighted by molar-refractivity contribution is -0.109. The van der Waals surface area contributed by atoms with Gasteiger partial charge in [0.2, 0.25) is 0 Å². The normalized spacial score (nSPS) is 10.7. The Morgan fingerprint density at radius 1 is 1.59 bits per heavy atom. The highest BCUT2D eigenvalue weighted by atomic mass is 32.2. The molecule has 0 aromatic carbocycles. The lowest BCUT2D eigenvalue weighted by atomic mass is 10.2. The summed E-state index contributed by atoms with van der Waals surface area (Å²) < 4.78 is 13.0. The van der Waals surface area contributed by atoms with Crippen LogP contribution in [0.3, 0.4) is 0 Å². The summed E-state index contributed by atoms with van der Waals surface area (Å²) in [4.78, 5) is 25.0. The SMILES string of the molecule is CC(=O)SCC=Cc1cc(C(=O)O)c(F)cn1. The maximum absolute atomic E-state index is 13.0. The molecule has 0 saturated carbocycles. The van der Waals surface area contributed by atoms with Crippen molar-refractivity contribution in [2.45, 2.75) is 6.92 Å². The average Bonchev–Trinajstić information content (AvgIpc) is 2.25. The van der Waals surface area contributed by atoms with Gasteiger partial charge in [0.25, 0.3) is 0 Å². The number of rotatable bonds is 4. The van der Waals surface area contributed by atoms with E-state index in [4.69, 9.17) is 5.11 Å². The fourth-order valence-corrected chi connectivity index (χ4v) is 1.47. The van der Waals surface area contributed by atoms with Crippen LogP contribution in [0.5, 0.6) is 0 Å². The molecule has 1 aromatic heterocycles. The fourth-order valence-electron chi connectivity index (χ4n) is 1.04. The van der Waals surface area contributed by atoms with E-state index in [2.05, 4.69) is 4.98 Å². The van der Waals surface area contributed by atoms with Crippen LogP contribution in [0.1, 0.15) is 23.0 Å². The number of thioether (sulfide) groups is 1. The molecule has 0 bridgehead atoms. The summed E-state index contributed by atoms with van der Waals surface area (Å²) in [5.41, 5.74) is -0.0770. The molecule has 0 spiro atoms. The van der Waals surface area contributed by atoms with Gasteiger partial charge in [-0.15, -0.1) is 0 Å². The predicted molar refractivity (Wildman–Crippen MR) is 63.3 cm³/mol. The van der Waals surface area contributed by atoms with E-state index in [0.717, 1.165) is 24.0 Å². The molecule has 4 nitrogen and oxygen atoms in total. The van der Waals surface area contributed by atoms with Gasteiger partial charge in [0.1, 0.15) is 0 Å². The first-order valence-electron chi connectivity index (χ1n) is 4.69. The Hall–Kier alpha value is -1.69. The highest BCUT2D eigenvalue weighted by Crippen LogP contribution is 2.10. The minimum atomic E-state index is -1.34. The van der Waals surface area contributed by atoms with Crippen molar-refractivity contribution in [2.24, 2.45) is 0 Å². The second-order valence-corrected chi connectivity index (χ2v) is 4.30. The minimum absolute atomic E-state index is 0.00654. The first-order chi connectivity index (χ1) is 8.00.